The molecule has 5 nitrogen and oxygen atoms in total. The Kier molecular flexibility index (Phi) is 4.69. The highest BCUT2D eigenvalue weighted by atomic mass is 16.1. The molecule has 5 rings (SSSR count). The van der Waals surface area contributed by atoms with E-state index >= 15 is 0 Å². The van der Waals surface area contributed by atoms with Gasteiger partial charge < -0.3 is 4.98 Å². The van der Waals surface area contributed by atoms with Crippen molar-refractivity contribution in [2.75, 3.05) is 0 Å². The first-order chi connectivity index (χ1) is 15.2. The number of carbonyl (C=O) groups is 1. The monoisotopic (exact) mass is 403 g/mol. The predicted octanol–water partition coefficient (Wildman–Crippen LogP) is 5.03. The summed E-state index contributed by atoms with van der Waals surface area (Å²) in [5, 5.41) is 0.825. The van der Waals surface area contributed by atoms with Crippen LogP contribution >= 0.6 is 0 Å². The number of H-pyrrole nitrogens is 1. The number of pyridine rings is 1. The summed E-state index contributed by atoms with van der Waals surface area (Å²) in [6.45, 7) is 0. The first-order valence-corrected chi connectivity index (χ1v) is 9.84. The molecule has 5 aromatic rings. The normalized spacial score (nSPS) is 11.4. The number of aromatic nitrogens is 3. The van der Waals surface area contributed by atoms with Crippen LogP contribution in [0.25, 0.3) is 39.1 Å². The molecule has 1 N–H and O–H groups in total. The summed E-state index contributed by atoms with van der Waals surface area (Å²) in [5.74, 6) is -0.356. The van der Waals surface area contributed by atoms with Gasteiger partial charge in [0.1, 0.15) is 0 Å². The number of aromatic amines is 1. The zero-order chi connectivity index (χ0) is 21.2. The Hall–Kier alpha value is -4.38. The highest BCUT2D eigenvalue weighted by Gasteiger charge is 2.18. The Bertz CT molecular complexity index is 1520. The van der Waals surface area contributed by atoms with Gasteiger partial charge in [-0.1, -0.05) is 60.7 Å². The van der Waals surface area contributed by atoms with Crippen molar-refractivity contribution in [1.29, 1.82) is 0 Å². The lowest BCUT2D eigenvalue weighted by molar-refractivity contribution is 0.104. The van der Waals surface area contributed by atoms with Gasteiger partial charge in [0.2, 0.25) is 0 Å². The van der Waals surface area contributed by atoms with Crippen LogP contribution in [0.5, 0.6) is 0 Å². The van der Waals surface area contributed by atoms with Gasteiger partial charge in [-0.3, -0.25) is 19.6 Å². The average molecular weight is 403 g/mol. The molecule has 0 aliphatic carbocycles. The molecule has 0 saturated heterocycles. The smallest absolute Gasteiger partial charge is 0.260 e. The Morgan fingerprint density at radius 1 is 0.839 bits per heavy atom. The number of nitrogens with zero attached hydrogens (tertiary/aromatic N) is 2. The molecular formula is C26H17N3O2. The molecule has 0 fully saturated rings. The number of nitrogens with one attached hydrogen (secondary N) is 1. The van der Waals surface area contributed by atoms with E-state index in [1.54, 1.807) is 18.5 Å². The van der Waals surface area contributed by atoms with E-state index in [0.717, 1.165) is 27.5 Å². The Morgan fingerprint density at radius 3 is 2.42 bits per heavy atom. The molecule has 0 amide bonds. The van der Waals surface area contributed by atoms with E-state index in [1.807, 2.05) is 72.8 Å². The maximum Gasteiger partial charge on any atom is 0.260 e. The van der Waals surface area contributed by atoms with Gasteiger partial charge in [0, 0.05) is 28.9 Å². The summed E-state index contributed by atoms with van der Waals surface area (Å²) >= 11 is 0. The fourth-order valence-electron chi connectivity index (χ4n) is 3.72. The summed E-state index contributed by atoms with van der Waals surface area (Å²) < 4.78 is 0. The Balaban J connectivity index is 1.63. The lowest BCUT2D eigenvalue weighted by atomic mass is 9.94. The topological polar surface area (TPSA) is 75.7 Å². The molecule has 0 bridgehead atoms. The number of hydrogen-bond acceptors (Lipinski definition) is 4. The molecule has 0 aliphatic heterocycles. The van der Waals surface area contributed by atoms with E-state index in [0.29, 0.717) is 11.1 Å². The Morgan fingerprint density at radius 2 is 1.58 bits per heavy atom. The van der Waals surface area contributed by atoms with Crippen LogP contribution in [0.1, 0.15) is 15.9 Å². The third kappa shape index (κ3) is 3.53. The number of carbonyl (C=O) groups excluding carboxylic acids is 1. The van der Waals surface area contributed by atoms with Gasteiger partial charge in [-0.2, -0.15) is 0 Å². The van der Waals surface area contributed by atoms with E-state index in [2.05, 4.69) is 15.0 Å². The molecule has 31 heavy (non-hydrogen) atoms. The molecule has 0 spiro atoms. The lowest BCUT2D eigenvalue weighted by Crippen LogP contribution is -2.18. The largest absolute Gasteiger partial charge is 0.321 e. The molecule has 0 atom stereocenters. The molecule has 148 valence electrons. The van der Waals surface area contributed by atoms with Crippen molar-refractivity contribution in [3.63, 3.8) is 0 Å². The molecule has 0 unspecified atom stereocenters. The van der Waals surface area contributed by atoms with Crippen LogP contribution in [0.15, 0.2) is 96.1 Å². The second kappa shape index (κ2) is 7.80. The summed E-state index contributed by atoms with van der Waals surface area (Å²) in [7, 11) is 0. The number of benzene rings is 3. The second-order valence-corrected chi connectivity index (χ2v) is 7.12. The van der Waals surface area contributed by atoms with Crippen molar-refractivity contribution in [1.82, 2.24) is 15.0 Å². The van der Waals surface area contributed by atoms with E-state index in [9.17, 15) is 9.59 Å². The van der Waals surface area contributed by atoms with E-state index in [-0.39, 0.29) is 11.3 Å². The molecule has 5 heteroatoms. The van der Waals surface area contributed by atoms with Crippen molar-refractivity contribution in [2.24, 2.45) is 0 Å². The summed E-state index contributed by atoms with van der Waals surface area (Å²) in [4.78, 5) is 37.5. The minimum absolute atomic E-state index is 0.127. The van der Waals surface area contributed by atoms with E-state index < -0.39 is 5.56 Å². The lowest BCUT2D eigenvalue weighted by Gasteiger charge is -2.11. The number of hydrogen-bond donors (Lipinski definition) is 1. The summed E-state index contributed by atoms with van der Waals surface area (Å²) in [6, 6.07) is 22.6. The van der Waals surface area contributed by atoms with Crippen LogP contribution < -0.4 is 5.56 Å². The van der Waals surface area contributed by atoms with Crippen LogP contribution in [-0.4, -0.2) is 20.7 Å². The number of para-hydroxylation sites is 1. The van der Waals surface area contributed by atoms with Crippen LogP contribution in [0.4, 0.5) is 0 Å². The number of ketones is 1. The highest BCUT2D eigenvalue weighted by Crippen LogP contribution is 2.29. The number of rotatable bonds is 4. The van der Waals surface area contributed by atoms with Crippen LogP contribution in [0, 0.1) is 0 Å². The molecule has 2 aromatic heterocycles. The van der Waals surface area contributed by atoms with Crippen molar-refractivity contribution in [2.45, 2.75) is 0 Å². The maximum atomic E-state index is 13.2. The van der Waals surface area contributed by atoms with Crippen molar-refractivity contribution >= 4 is 33.8 Å². The molecular weight excluding hydrogens is 386 g/mol. The molecule has 3 aromatic carbocycles. The number of fused-ring (bicyclic) bond motifs is 2. The average Bonchev–Trinajstić information content (AvgIpc) is 2.82. The standard InChI is InChI=1S/C26H17N3O2/c30-23(13-11-17-10-12-21-22(16-17)28-15-14-27-21)25-24(18-6-2-1-3-7-18)19-8-4-5-9-20(19)29-26(25)31/h1-16H,(H,29,31)/b13-11+. The minimum atomic E-state index is -0.406. The SMILES string of the molecule is O=C(/C=C/c1ccc2nccnc2c1)c1c(-c2ccccc2)c2ccccc2[nH]c1=O. The van der Waals surface area contributed by atoms with Crippen LogP contribution in [-0.2, 0) is 0 Å². The molecule has 0 saturated carbocycles. The van der Waals surface area contributed by atoms with Crippen molar-refractivity contribution < 1.29 is 4.79 Å². The van der Waals surface area contributed by atoms with Crippen LogP contribution in [0.3, 0.4) is 0 Å². The van der Waals surface area contributed by atoms with E-state index in [4.69, 9.17) is 0 Å². The fraction of sp³-hybridized carbons (Fsp3) is 0. The first-order valence-electron chi connectivity index (χ1n) is 9.84. The van der Waals surface area contributed by atoms with Gasteiger partial charge in [0.05, 0.1) is 16.6 Å². The zero-order valence-corrected chi connectivity index (χ0v) is 16.4. The third-order valence-electron chi connectivity index (χ3n) is 5.15. The molecule has 0 radical (unpaired) electrons. The first kappa shape index (κ1) is 18.6. The third-order valence-corrected chi connectivity index (χ3v) is 5.15. The summed E-state index contributed by atoms with van der Waals surface area (Å²) in [5.41, 5.74) is 4.20. The van der Waals surface area contributed by atoms with Gasteiger partial charge in [-0.25, -0.2) is 0 Å². The highest BCUT2D eigenvalue weighted by molar-refractivity contribution is 6.15. The van der Waals surface area contributed by atoms with Crippen LogP contribution in [0.2, 0.25) is 0 Å². The quantitative estimate of drug-likeness (QED) is 0.337. The molecule has 2 heterocycles. The zero-order valence-electron chi connectivity index (χ0n) is 16.4. The Labute approximate surface area is 177 Å². The number of allylic oxidation sites excluding steroid dienone is 1. The molecule has 0 aliphatic rings. The van der Waals surface area contributed by atoms with Gasteiger partial charge in [-0.05, 0) is 35.4 Å². The maximum absolute atomic E-state index is 13.2. The predicted molar refractivity (Wildman–Crippen MR) is 123 cm³/mol. The minimum Gasteiger partial charge on any atom is -0.321 e. The van der Waals surface area contributed by atoms with Gasteiger partial charge in [0.25, 0.3) is 5.56 Å². The van der Waals surface area contributed by atoms with Gasteiger partial charge in [0.15, 0.2) is 5.78 Å². The van der Waals surface area contributed by atoms with E-state index in [1.165, 1.54) is 6.08 Å². The van der Waals surface area contributed by atoms with Gasteiger partial charge >= 0.3 is 0 Å². The second-order valence-electron chi connectivity index (χ2n) is 7.12. The fourth-order valence-corrected chi connectivity index (χ4v) is 3.72. The van der Waals surface area contributed by atoms with Crippen molar-refractivity contribution in [3.05, 3.63) is 113 Å². The summed E-state index contributed by atoms with van der Waals surface area (Å²) in [6.07, 6.45) is 6.39. The van der Waals surface area contributed by atoms with Gasteiger partial charge in [-0.15, -0.1) is 0 Å². The van der Waals surface area contributed by atoms with Crippen molar-refractivity contribution in [3.8, 4) is 11.1 Å².